The molecule has 0 aromatic heterocycles. The Morgan fingerprint density at radius 2 is 0.905 bits per heavy atom. The van der Waals surface area contributed by atoms with E-state index < -0.39 is 50.1 Å². The number of phosphoric ester groups is 1. The van der Waals surface area contributed by atoms with Crippen molar-refractivity contribution in [1.29, 1.82) is 0 Å². The SMILES string of the molecule is C[C@@](Cc1ccc(OP(=O)(OCc2ccccc2)OCc2ccccc2)c(OCc2ccccc2)c1)(NNC(=O)OC[C@H](NC(=O)OCc1ccccc1)C(=O)OCc1ccccc1)C(=O)OCc1ccccc1. The van der Waals surface area contributed by atoms with E-state index in [-0.39, 0.29) is 57.6 Å². The molecule has 0 unspecified atom stereocenters. The fourth-order valence-corrected chi connectivity index (χ4v) is 8.19. The third-order valence-electron chi connectivity index (χ3n) is 11.0. The van der Waals surface area contributed by atoms with Crippen molar-refractivity contribution in [2.45, 2.75) is 64.6 Å². The van der Waals surface area contributed by atoms with Crippen LogP contribution in [-0.4, -0.2) is 42.3 Å². The van der Waals surface area contributed by atoms with Crippen molar-refractivity contribution in [3.05, 3.63) is 239 Å². The molecule has 382 valence electrons. The van der Waals surface area contributed by atoms with Crippen LogP contribution in [0.4, 0.5) is 9.59 Å². The van der Waals surface area contributed by atoms with Crippen molar-refractivity contribution < 1.29 is 61.0 Å². The summed E-state index contributed by atoms with van der Waals surface area (Å²) >= 11 is 0. The Balaban J connectivity index is 1.09. The van der Waals surface area contributed by atoms with Crippen molar-refractivity contribution in [2.24, 2.45) is 0 Å². The molecule has 2 atom stereocenters. The Morgan fingerprint density at radius 3 is 1.39 bits per heavy atom. The standard InChI is InChI=1S/C57H56N3O13P/c1-57(54(62)68-38-45-24-12-4-13-25-45,60-59-56(64)70-42-50(53(61)67-37-44-22-10-3-11-23-44)58-55(63)69-39-46-26-14-5-15-27-46)35-49-32-33-51(52(34-49)66-36-43-20-8-2-9-21-43)73-74(65,71-40-47-28-16-6-17-29-47)72-41-48-30-18-7-19-31-48/h2-34,50,60H,35-42H2,1H3,(H,58,63)(H,59,64)/t50-,57-/m0/s1. The first-order valence-corrected chi connectivity index (χ1v) is 25.0. The zero-order valence-electron chi connectivity index (χ0n) is 40.5. The summed E-state index contributed by atoms with van der Waals surface area (Å²) in [7, 11) is -4.38. The number of rotatable bonds is 26. The van der Waals surface area contributed by atoms with Crippen LogP contribution in [0.15, 0.2) is 200 Å². The molecule has 0 aliphatic carbocycles. The first-order chi connectivity index (χ1) is 36.0. The molecule has 0 aliphatic heterocycles. The van der Waals surface area contributed by atoms with E-state index in [1.165, 1.54) is 13.0 Å². The lowest BCUT2D eigenvalue weighted by Crippen LogP contribution is -2.59. The van der Waals surface area contributed by atoms with E-state index >= 15 is 0 Å². The van der Waals surface area contributed by atoms with Gasteiger partial charge in [-0.15, -0.1) is 0 Å². The second kappa shape index (κ2) is 27.5. The molecule has 17 heteroatoms. The summed E-state index contributed by atoms with van der Waals surface area (Å²) in [6.45, 7) is 0.401. The second-order valence-corrected chi connectivity index (χ2v) is 18.5. The first kappa shape index (κ1) is 53.5. The van der Waals surface area contributed by atoms with Gasteiger partial charge in [0, 0.05) is 6.42 Å². The third kappa shape index (κ3) is 17.5. The van der Waals surface area contributed by atoms with Crippen LogP contribution in [0.1, 0.15) is 45.9 Å². The fourth-order valence-electron chi connectivity index (χ4n) is 7.00. The van der Waals surface area contributed by atoms with Crippen LogP contribution in [-0.2, 0) is 88.2 Å². The van der Waals surface area contributed by atoms with Gasteiger partial charge in [0.25, 0.3) is 0 Å². The number of nitrogens with one attached hydrogen (secondary N) is 3. The molecule has 16 nitrogen and oxygen atoms in total. The van der Waals surface area contributed by atoms with E-state index in [0.29, 0.717) is 22.3 Å². The van der Waals surface area contributed by atoms with Gasteiger partial charge in [-0.1, -0.05) is 188 Å². The molecule has 0 saturated carbocycles. The first-order valence-electron chi connectivity index (χ1n) is 23.6. The normalized spacial score (nSPS) is 12.2. The molecule has 0 radical (unpaired) electrons. The van der Waals surface area contributed by atoms with Gasteiger partial charge in [0.05, 0.1) is 13.2 Å². The van der Waals surface area contributed by atoms with Gasteiger partial charge in [-0.2, -0.15) is 0 Å². The number of phosphoric acid groups is 1. The number of carbonyl (C=O) groups is 4. The van der Waals surface area contributed by atoms with Gasteiger partial charge in [-0.3, -0.25) is 14.5 Å². The molecule has 3 N–H and O–H groups in total. The summed E-state index contributed by atoms with van der Waals surface area (Å²) in [5.74, 6) is -1.52. The monoisotopic (exact) mass is 1020 g/mol. The maximum atomic E-state index is 14.6. The van der Waals surface area contributed by atoms with Crippen molar-refractivity contribution >= 4 is 31.9 Å². The number of alkyl carbamates (subject to hydrolysis) is 1. The number of hydrazine groups is 1. The predicted molar refractivity (Wildman–Crippen MR) is 274 cm³/mol. The van der Waals surface area contributed by atoms with Crippen molar-refractivity contribution in [3.8, 4) is 11.5 Å². The second-order valence-electron chi connectivity index (χ2n) is 16.9. The maximum Gasteiger partial charge on any atom is 0.530 e. The minimum atomic E-state index is -4.38. The van der Waals surface area contributed by atoms with E-state index in [9.17, 15) is 23.7 Å². The molecule has 0 spiro atoms. The number of hydrogen-bond acceptors (Lipinski definition) is 14. The summed E-state index contributed by atoms with van der Waals surface area (Å²) in [6, 6.07) is 57.7. The van der Waals surface area contributed by atoms with Gasteiger partial charge in [0.2, 0.25) is 0 Å². The molecule has 74 heavy (non-hydrogen) atoms. The number of carbonyl (C=O) groups excluding carboxylic acids is 4. The van der Waals surface area contributed by atoms with E-state index in [4.69, 9.17) is 37.3 Å². The summed E-state index contributed by atoms with van der Waals surface area (Å²) in [6.07, 6.45) is -2.22. The number of amides is 2. The largest absolute Gasteiger partial charge is 0.530 e. The molecular formula is C57H56N3O13P. The van der Waals surface area contributed by atoms with Crippen molar-refractivity contribution in [2.75, 3.05) is 6.61 Å². The number of esters is 2. The van der Waals surface area contributed by atoms with Crippen LogP contribution in [0, 0.1) is 0 Å². The van der Waals surface area contributed by atoms with Gasteiger partial charge < -0.3 is 33.5 Å². The summed E-state index contributed by atoms with van der Waals surface area (Å²) in [4.78, 5) is 53.9. The Morgan fingerprint density at radius 1 is 0.473 bits per heavy atom. The van der Waals surface area contributed by atoms with Gasteiger partial charge in [0.15, 0.2) is 17.5 Å². The topological polar surface area (TPSA) is 195 Å². The van der Waals surface area contributed by atoms with E-state index in [1.807, 2.05) is 109 Å². The lowest BCUT2D eigenvalue weighted by atomic mass is 9.93. The number of ether oxygens (including phenoxy) is 5. The Hall–Kier alpha value is -8.27. The highest BCUT2D eigenvalue weighted by Crippen LogP contribution is 2.53. The van der Waals surface area contributed by atoms with E-state index in [1.54, 1.807) is 84.9 Å². The fraction of sp³-hybridized carbons (Fsp3) is 0.193. The molecule has 0 bridgehead atoms. The summed E-state index contributed by atoms with van der Waals surface area (Å²) < 4.78 is 60.9. The van der Waals surface area contributed by atoms with Crippen LogP contribution in [0.3, 0.4) is 0 Å². The molecule has 0 saturated heterocycles. The van der Waals surface area contributed by atoms with E-state index in [0.717, 1.165) is 16.7 Å². The highest BCUT2D eigenvalue weighted by Gasteiger charge is 2.37. The Labute approximate surface area is 429 Å². The Kier molecular flexibility index (Phi) is 19.9. The quantitative estimate of drug-likeness (QED) is 0.0201. The highest BCUT2D eigenvalue weighted by atomic mass is 31.2. The molecule has 0 fully saturated rings. The number of hydrogen-bond donors (Lipinski definition) is 3. The molecule has 0 heterocycles. The van der Waals surface area contributed by atoms with Gasteiger partial charge in [-0.25, -0.2) is 29.2 Å². The predicted octanol–water partition coefficient (Wildman–Crippen LogP) is 10.5. The average molecular weight is 1020 g/mol. The summed E-state index contributed by atoms with van der Waals surface area (Å²) in [5, 5.41) is 2.42. The van der Waals surface area contributed by atoms with Crippen LogP contribution in [0.5, 0.6) is 11.5 Å². The lowest BCUT2D eigenvalue weighted by molar-refractivity contribution is -0.152. The summed E-state index contributed by atoms with van der Waals surface area (Å²) in [5.41, 5.74) is 8.32. The van der Waals surface area contributed by atoms with Gasteiger partial charge >= 0.3 is 31.9 Å². The van der Waals surface area contributed by atoms with Crippen LogP contribution >= 0.6 is 7.82 Å². The van der Waals surface area contributed by atoms with Crippen LogP contribution in [0.25, 0.3) is 0 Å². The molecule has 7 aromatic carbocycles. The third-order valence-corrected chi connectivity index (χ3v) is 12.3. The minimum absolute atomic E-state index is 0.0200. The minimum Gasteiger partial charge on any atom is -0.485 e. The molecular weight excluding hydrogens is 966 g/mol. The van der Waals surface area contributed by atoms with Crippen LogP contribution in [0.2, 0.25) is 0 Å². The van der Waals surface area contributed by atoms with Gasteiger partial charge in [-0.05, 0) is 58.0 Å². The zero-order valence-corrected chi connectivity index (χ0v) is 41.4. The molecule has 7 rings (SSSR count). The lowest BCUT2D eigenvalue weighted by Gasteiger charge is -2.29. The maximum absolute atomic E-state index is 14.6. The zero-order chi connectivity index (χ0) is 51.9. The highest BCUT2D eigenvalue weighted by molar-refractivity contribution is 7.48. The molecule has 7 aromatic rings. The van der Waals surface area contributed by atoms with Crippen LogP contribution < -0.4 is 25.4 Å². The van der Waals surface area contributed by atoms with Crippen molar-refractivity contribution in [3.63, 3.8) is 0 Å². The van der Waals surface area contributed by atoms with E-state index in [2.05, 4.69) is 16.2 Å². The van der Waals surface area contributed by atoms with Crippen molar-refractivity contribution in [1.82, 2.24) is 16.2 Å². The smallest absolute Gasteiger partial charge is 0.485 e. The number of benzene rings is 7. The molecule has 2 amide bonds. The average Bonchev–Trinajstić information content (AvgIpc) is 3.44. The Bertz CT molecular complexity index is 2860. The molecule has 0 aliphatic rings. The van der Waals surface area contributed by atoms with Gasteiger partial charge in [0.1, 0.15) is 38.6 Å².